The fourth-order valence-corrected chi connectivity index (χ4v) is 2.23. The highest BCUT2D eigenvalue weighted by atomic mass is 32.2. The zero-order valence-corrected chi connectivity index (χ0v) is 10.7. The van der Waals surface area contributed by atoms with E-state index in [-0.39, 0.29) is 17.1 Å². The molecule has 1 amide bonds. The number of aromatic nitrogens is 3. The summed E-state index contributed by atoms with van der Waals surface area (Å²) >= 11 is 1.37. The molecule has 1 aromatic heterocycles. The second-order valence-corrected chi connectivity index (χ2v) is 4.99. The molecule has 0 saturated carbocycles. The van der Waals surface area contributed by atoms with Gasteiger partial charge in [-0.1, -0.05) is 25.6 Å². The molecule has 6 nitrogen and oxygen atoms in total. The highest BCUT2D eigenvalue weighted by Crippen LogP contribution is 2.26. The van der Waals surface area contributed by atoms with Crippen molar-refractivity contribution >= 4 is 17.7 Å². The molecule has 7 heteroatoms. The van der Waals surface area contributed by atoms with Gasteiger partial charge < -0.3 is 4.57 Å². The quantitative estimate of drug-likeness (QED) is 0.342. The van der Waals surface area contributed by atoms with Gasteiger partial charge in [0, 0.05) is 7.05 Å². The second-order valence-electron chi connectivity index (χ2n) is 3.88. The van der Waals surface area contributed by atoms with Gasteiger partial charge in [-0.25, -0.2) is 5.84 Å². The van der Waals surface area contributed by atoms with Crippen molar-refractivity contribution in [1.29, 1.82) is 0 Å². The molecule has 0 aliphatic rings. The third-order valence-corrected chi connectivity index (χ3v) is 3.87. The average Bonchev–Trinajstić information content (AvgIpc) is 2.55. The molecule has 0 bridgehead atoms. The minimum Gasteiger partial charge on any atom is -0.309 e. The van der Waals surface area contributed by atoms with E-state index in [0.717, 1.165) is 11.0 Å². The van der Waals surface area contributed by atoms with Crippen molar-refractivity contribution < 1.29 is 4.79 Å². The van der Waals surface area contributed by atoms with Gasteiger partial charge in [0.1, 0.15) is 5.82 Å². The van der Waals surface area contributed by atoms with Crippen LogP contribution in [0.5, 0.6) is 0 Å². The van der Waals surface area contributed by atoms with Gasteiger partial charge in [-0.05, 0) is 12.8 Å². The van der Waals surface area contributed by atoms with Gasteiger partial charge >= 0.3 is 0 Å². The van der Waals surface area contributed by atoms with Gasteiger partial charge in [-0.3, -0.25) is 10.2 Å². The molecule has 0 aliphatic heterocycles. The first-order chi connectivity index (χ1) is 7.47. The van der Waals surface area contributed by atoms with Crippen LogP contribution in [-0.2, 0) is 11.8 Å². The summed E-state index contributed by atoms with van der Waals surface area (Å²) in [7, 11) is 1.87. The van der Waals surface area contributed by atoms with E-state index >= 15 is 0 Å². The Morgan fingerprint density at radius 1 is 1.50 bits per heavy atom. The Hall–Kier alpha value is -1.08. The first-order valence-electron chi connectivity index (χ1n) is 5.00. The van der Waals surface area contributed by atoms with Crippen LogP contribution >= 0.6 is 11.8 Å². The van der Waals surface area contributed by atoms with Gasteiger partial charge in [-0.2, -0.15) is 0 Å². The lowest BCUT2D eigenvalue weighted by Gasteiger charge is -2.17. The van der Waals surface area contributed by atoms with Crippen LogP contribution in [0.2, 0.25) is 0 Å². The Labute approximate surface area is 99.0 Å². The SMILES string of the molecule is Cc1nnc(SC(C(=O)NN)C(C)C)n1C. The predicted molar refractivity (Wildman–Crippen MR) is 62.6 cm³/mol. The van der Waals surface area contributed by atoms with E-state index in [0.29, 0.717) is 0 Å². The number of amides is 1. The molecule has 0 aliphatic carbocycles. The number of nitrogens with two attached hydrogens (primary N) is 1. The number of carbonyl (C=O) groups is 1. The van der Waals surface area contributed by atoms with Gasteiger partial charge in [-0.15, -0.1) is 10.2 Å². The standard InChI is InChI=1S/C9H17N5OS/c1-5(2)7(8(15)11-10)16-9-13-12-6(3)14(9)4/h5,7H,10H2,1-4H3,(H,11,15). The van der Waals surface area contributed by atoms with Crippen molar-refractivity contribution in [2.75, 3.05) is 0 Å². The monoisotopic (exact) mass is 243 g/mol. The number of carbonyl (C=O) groups excluding carboxylic acids is 1. The lowest BCUT2D eigenvalue weighted by atomic mass is 10.1. The van der Waals surface area contributed by atoms with Crippen molar-refractivity contribution in [3.8, 4) is 0 Å². The largest absolute Gasteiger partial charge is 0.309 e. The molecule has 1 aromatic rings. The summed E-state index contributed by atoms with van der Waals surface area (Å²) < 4.78 is 1.85. The van der Waals surface area contributed by atoms with Crippen LogP contribution in [-0.4, -0.2) is 25.9 Å². The molecule has 0 aromatic carbocycles. The van der Waals surface area contributed by atoms with Crippen LogP contribution in [0.25, 0.3) is 0 Å². The van der Waals surface area contributed by atoms with Crippen molar-refractivity contribution in [3.63, 3.8) is 0 Å². The zero-order valence-electron chi connectivity index (χ0n) is 9.89. The normalized spacial score (nSPS) is 12.9. The Bertz CT molecular complexity index is 376. The van der Waals surface area contributed by atoms with Crippen molar-refractivity contribution in [1.82, 2.24) is 20.2 Å². The molecule has 1 unspecified atom stereocenters. The average molecular weight is 243 g/mol. The molecule has 0 radical (unpaired) electrons. The minimum absolute atomic E-state index is 0.172. The molecule has 16 heavy (non-hydrogen) atoms. The first-order valence-corrected chi connectivity index (χ1v) is 5.88. The maximum Gasteiger partial charge on any atom is 0.247 e. The minimum atomic E-state index is -0.257. The Kier molecular flexibility index (Phi) is 4.31. The number of hydrogen-bond acceptors (Lipinski definition) is 5. The zero-order chi connectivity index (χ0) is 12.3. The van der Waals surface area contributed by atoms with Crippen molar-refractivity contribution in [2.45, 2.75) is 31.2 Å². The van der Waals surface area contributed by atoms with Gasteiger partial charge in [0.25, 0.3) is 0 Å². The van der Waals surface area contributed by atoms with E-state index in [4.69, 9.17) is 5.84 Å². The summed E-state index contributed by atoms with van der Waals surface area (Å²) in [5.41, 5.74) is 2.18. The number of nitrogens with zero attached hydrogens (tertiary/aromatic N) is 3. The lowest BCUT2D eigenvalue weighted by Crippen LogP contribution is -2.40. The molecule has 90 valence electrons. The third kappa shape index (κ3) is 2.73. The van der Waals surface area contributed by atoms with E-state index < -0.39 is 0 Å². The van der Waals surface area contributed by atoms with Crippen molar-refractivity contribution in [2.24, 2.45) is 18.8 Å². The second kappa shape index (κ2) is 5.31. The van der Waals surface area contributed by atoms with Crippen molar-refractivity contribution in [3.05, 3.63) is 5.82 Å². The first kappa shape index (κ1) is 13.0. The van der Waals surface area contributed by atoms with Gasteiger partial charge in [0.2, 0.25) is 5.91 Å². The van der Waals surface area contributed by atoms with Gasteiger partial charge in [0.15, 0.2) is 5.16 Å². The van der Waals surface area contributed by atoms with E-state index in [1.54, 1.807) is 0 Å². The summed E-state index contributed by atoms with van der Waals surface area (Å²) in [4.78, 5) is 11.6. The maximum absolute atomic E-state index is 11.6. The Morgan fingerprint density at radius 2 is 2.12 bits per heavy atom. The Balaban J connectivity index is 2.84. The number of nitrogens with one attached hydrogen (secondary N) is 1. The molecule has 1 rings (SSSR count). The summed E-state index contributed by atoms with van der Waals surface area (Å²) in [6.45, 7) is 5.80. The summed E-state index contributed by atoms with van der Waals surface area (Å²) in [5.74, 6) is 5.95. The van der Waals surface area contributed by atoms with E-state index in [9.17, 15) is 4.79 Å². The number of thioether (sulfide) groups is 1. The fraction of sp³-hybridized carbons (Fsp3) is 0.667. The summed E-state index contributed by atoms with van der Waals surface area (Å²) in [6.07, 6.45) is 0. The molecular formula is C9H17N5OS. The third-order valence-electron chi connectivity index (χ3n) is 2.29. The maximum atomic E-state index is 11.6. The van der Waals surface area contributed by atoms with Gasteiger partial charge in [0.05, 0.1) is 5.25 Å². The molecule has 0 spiro atoms. The highest BCUT2D eigenvalue weighted by Gasteiger charge is 2.25. The summed E-state index contributed by atoms with van der Waals surface area (Å²) in [6, 6.07) is 0. The molecular weight excluding hydrogens is 226 g/mol. The molecule has 0 saturated heterocycles. The van der Waals surface area contributed by atoms with Crippen LogP contribution < -0.4 is 11.3 Å². The topological polar surface area (TPSA) is 85.8 Å². The Morgan fingerprint density at radius 3 is 2.50 bits per heavy atom. The molecule has 0 fully saturated rings. The number of rotatable bonds is 4. The summed E-state index contributed by atoms with van der Waals surface area (Å²) in [5, 5.41) is 8.42. The number of hydrazine groups is 1. The molecule has 1 heterocycles. The van der Waals surface area contributed by atoms with E-state index in [1.807, 2.05) is 32.4 Å². The molecule has 3 N–H and O–H groups in total. The van der Waals surface area contributed by atoms with Crippen LogP contribution in [0.4, 0.5) is 0 Å². The smallest absolute Gasteiger partial charge is 0.247 e. The lowest BCUT2D eigenvalue weighted by molar-refractivity contribution is -0.121. The highest BCUT2D eigenvalue weighted by molar-refractivity contribution is 8.00. The van der Waals surface area contributed by atoms with E-state index in [2.05, 4.69) is 15.6 Å². The predicted octanol–water partition coefficient (Wildman–Crippen LogP) is 0.230. The van der Waals surface area contributed by atoms with E-state index in [1.165, 1.54) is 11.8 Å². The van der Waals surface area contributed by atoms with Crippen LogP contribution in [0.1, 0.15) is 19.7 Å². The molecule has 1 atom stereocenters. The fourth-order valence-electron chi connectivity index (χ4n) is 1.18. The number of aryl methyl sites for hydroxylation is 1. The van der Waals surface area contributed by atoms with Crippen LogP contribution in [0.3, 0.4) is 0 Å². The number of hydrogen-bond donors (Lipinski definition) is 2. The van der Waals surface area contributed by atoms with Crippen LogP contribution in [0.15, 0.2) is 5.16 Å². The van der Waals surface area contributed by atoms with Crippen LogP contribution in [0, 0.1) is 12.8 Å².